The number of rotatable bonds is 4. The molecule has 1 aliphatic rings. The van der Waals surface area contributed by atoms with Gasteiger partial charge in [0.05, 0.1) is 0 Å². The largest absolute Gasteiger partial charge is 0.381 e. The van der Waals surface area contributed by atoms with Gasteiger partial charge in [-0.05, 0) is 51.1 Å². The summed E-state index contributed by atoms with van der Waals surface area (Å²) in [5, 5.41) is 3.37. The number of hydrogen-bond donors (Lipinski definition) is 1. The second-order valence-corrected chi connectivity index (χ2v) is 5.82. The van der Waals surface area contributed by atoms with Crippen LogP contribution in [0, 0.1) is 19.3 Å². The molecule has 2 rings (SSSR count). The zero-order valence-electron chi connectivity index (χ0n) is 11.9. The molecule has 1 heterocycles. The molecule has 0 saturated carbocycles. The normalized spacial score (nSPS) is 18.8. The Morgan fingerprint density at radius 2 is 1.72 bits per heavy atom. The molecule has 1 N–H and O–H groups in total. The van der Waals surface area contributed by atoms with Crippen LogP contribution in [-0.4, -0.2) is 26.8 Å². The van der Waals surface area contributed by atoms with Crippen molar-refractivity contribution in [1.82, 2.24) is 5.32 Å². The summed E-state index contributed by atoms with van der Waals surface area (Å²) >= 11 is 0. The van der Waals surface area contributed by atoms with E-state index in [9.17, 15) is 0 Å². The van der Waals surface area contributed by atoms with Crippen molar-refractivity contribution in [2.24, 2.45) is 5.41 Å². The summed E-state index contributed by atoms with van der Waals surface area (Å²) in [6.45, 7) is 7.28. The highest BCUT2D eigenvalue weighted by Gasteiger charge is 2.32. The summed E-state index contributed by atoms with van der Waals surface area (Å²) in [4.78, 5) is 0. The minimum Gasteiger partial charge on any atom is -0.381 e. The molecule has 2 nitrogen and oxygen atoms in total. The minimum atomic E-state index is 0.382. The Labute approximate surface area is 111 Å². The smallest absolute Gasteiger partial charge is 0.0471 e. The molecule has 0 unspecified atom stereocenters. The molecule has 18 heavy (non-hydrogen) atoms. The molecule has 1 aromatic rings. The Hall–Kier alpha value is -0.860. The summed E-state index contributed by atoms with van der Waals surface area (Å²) in [7, 11) is 2.05. The fourth-order valence-corrected chi connectivity index (χ4v) is 3.20. The Bertz CT molecular complexity index is 368. The first-order valence-corrected chi connectivity index (χ1v) is 6.93. The third-order valence-electron chi connectivity index (χ3n) is 3.97. The van der Waals surface area contributed by atoms with Gasteiger partial charge in [-0.15, -0.1) is 0 Å². The second kappa shape index (κ2) is 5.85. The van der Waals surface area contributed by atoms with Gasteiger partial charge in [0.2, 0.25) is 0 Å². The van der Waals surface area contributed by atoms with Gasteiger partial charge in [0.1, 0.15) is 0 Å². The predicted molar refractivity (Wildman–Crippen MR) is 76.0 cm³/mol. The number of nitrogens with one attached hydrogen (secondary N) is 1. The fraction of sp³-hybridized carbons (Fsp3) is 0.625. The topological polar surface area (TPSA) is 21.3 Å². The summed E-state index contributed by atoms with van der Waals surface area (Å²) in [5.41, 5.74) is 4.60. The molecule has 1 aromatic carbocycles. The van der Waals surface area contributed by atoms with E-state index in [1.807, 2.05) is 0 Å². The molecule has 0 atom stereocenters. The molecule has 0 amide bonds. The highest BCUT2D eigenvalue weighted by atomic mass is 16.5. The average Bonchev–Trinajstić information content (AvgIpc) is 2.28. The van der Waals surface area contributed by atoms with Crippen molar-refractivity contribution in [2.45, 2.75) is 33.1 Å². The molecular weight excluding hydrogens is 222 g/mol. The summed E-state index contributed by atoms with van der Waals surface area (Å²) in [6.07, 6.45) is 3.50. The average molecular weight is 247 g/mol. The van der Waals surface area contributed by atoms with Crippen molar-refractivity contribution in [3.05, 3.63) is 34.9 Å². The Kier molecular flexibility index (Phi) is 4.41. The zero-order valence-corrected chi connectivity index (χ0v) is 11.9. The van der Waals surface area contributed by atoms with Crippen molar-refractivity contribution in [3.8, 4) is 0 Å². The van der Waals surface area contributed by atoms with E-state index in [4.69, 9.17) is 4.74 Å². The molecule has 1 fully saturated rings. The van der Waals surface area contributed by atoms with E-state index in [-0.39, 0.29) is 0 Å². The van der Waals surface area contributed by atoms with Crippen LogP contribution < -0.4 is 5.32 Å². The molecule has 0 aliphatic carbocycles. The first-order valence-electron chi connectivity index (χ1n) is 6.93. The molecule has 0 spiro atoms. The van der Waals surface area contributed by atoms with Crippen LogP contribution in [0.3, 0.4) is 0 Å². The number of ether oxygens (including phenoxy) is 1. The first-order chi connectivity index (χ1) is 8.63. The summed E-state index contributed by atoms with van der Waals surface area (Å²) in [6, 6.07) is 6.91. The van der Waals surface area contributed by atoms with Crippen LogP contribution in [-0.2, 0) is 11.2 Å². The maximum absolute atomic E-state index is 5.53. The number of hydrogen-bond acceptors (Lipinski definition) is 2. The lowest BCUT2D eigenvalue weighted by molar-refractivity contribution is 0.0158. The van der Waals surface area contributed by atoms with Crippen LogP contribution in [0.2, 0.25) is 0 Å². The number of aryl methyl sites for hydroxylation is 2. The molecule has 0 radical (unpaired) electrons. The van der Waals surface area contributed by atoms with Crippen LogP contribution in [0.15, 0.2) is 18.2 Å². The van der Waals surface area contributed by atoms with Gasteiger partial charge in [-0.25, -0.2) is 0 Å². The first kappa shape index (κ1) is 13.6. The zero-order chi connectivity index (χ0) is 13.0. The second-order valence-electron chi connectivity index (χ2n) is 5.82. The maximum Gasteiger partial charge on any atom is 0.0471 e. The predicted octanol–water partition coefficient (Wildman–Crippen LogP) is 2.86. The molecule has 0 aromatic heterocycles. The summed E-state index contributed by atoms with van der Waals surface area (Å²) in [5.74, 6) is 0. The van der Waals surface area contributed by atoms with Crippen molar-refractivity contribution in [1.29, 1.82) is 0 Å². The third-order valence-corrected chi connectivity index (χ3v) is 3.97. The van der Waals surface area contributed by atoms with E-state index in [1.54, 1.807) is 0 Å². The minimum absolute atomic E-state index is 0.382. The fourth-order valence-electron chi connectivity index (χ4n) is 3.20. The lowest BCUT2D eigenvalue weighted by atomic mass is 9.75. The van der Waals surface area contributed by atoms with Gasteiger partial charge in [-0.3, -0.25) is 0 Å². The van der Waals surface area contributed by atoms with Gasteiger partial charge in [0.25, 0.3) is 0 Å². The highest BCUT2D eigenvalue weighted by Crippen LogP contribution is 2.34. The van der Waals surface area contributed by atoms with Crippen LogP contribution >= 0.6 is 0 Å². The van der Waals surface area contributed by atoms with Crippen LogP contribution in [0.1, 0.15) is 29.5 Å². The Morgan fingerprint density at radius 3 is 2.28 bits per heavy atom. The van der Waals surface area contributed by atoms with Crippen molar-refractivity contribution < 1.29 is 4.74 Å². The molecular formula is C16H25NO. The molecule has 100 valence electrons. The van der Waals surface area contributed by atoms with Gasteiger partial charge in [0, 0.05) is 19.8 Å². The third kappa shape index (κ3) is 3.33. The maximum atomic E-state index is 5.53. The van der Waals surface area contributed by atoms with Crippen LogP contribution in [0.5, 0.6) is 0 Å². The SMILES string of the molecule is CNCC1(Cc2cc(C)cc(C)c2)CCOCC1. The van der Waals surface area contributed by atoms with Crippen LogP contribution in [0.4, 0.5) is 0 Å². The lowest BCUT2D eigenvalue weighted by Gasteiger charge is -2.37. The van der Waals surface area contributed by atoms with Crippen molar-refractivity contribution >= 4 is 0 Å². The molecule has 1 aliphatic heterocycles. The van der Waals surface area contributed by atoms with E-state index in [2.05, 4.69) is 44.4 Å². The van der Waals surface area contributed by atoms with Gasteiger partial charge < -0.3 is 10.1 Å². The van der Waals surface area contributed by atoms with Gasteiger partial charge >= 0.3 is 0 Å². The van der Waals surface area contributed by atoms with Crippen LogP contribution in [0.25, 0.3) is 0 Å². The Morgan fingerprint density at radius 1 is 1.11 bits per heavy atom. The quantitative estimate of drug-likeness (QED) is 0.883. The highest BCUT2D eigenvalue weighted by molar-refractivity contribution is 5.29. The molecule has 0 bridgehead atoms. The lowest BCUT2D eigenvalue weighted by Crippen LogP contribution is -2.39. The summed E-state index contributed by atoms with van der Waals surface area (Å²) < 4.78 is 5.53. The molecule has 1 saturated heterocycles. The van der Waals surface area contributed by atoms with Crippen molar-refractivity contribution in [3.63, 3.8) is 0 Å². The van der Waals surface area contributed by atoms with E-state index in [0.29, 0.717) is 5.41 Å². The van der Waals surface area contributed by atoms with E-state index in [1.165, 1.54) is 36.0 Å². The molecule has 2 heteroatoms. The van der Waals surface area contributed by atoms with Crippen molar-refractivity contribution in [2.75, 3.05) is 26.8 Å². The van der Waals surface area contributed by atoms with Gasteiger partial charge in [0.15, 0.2) is 0 Å². The Balaban J connectivity index is 2.17. The van der Waals surface area contributed by atoms with Gasteiger partial charge in [-0.1, -0.05) is 29.3 Å². The van der Waals surface area contributed by atoms with E-state index >= 15 is 0 Å². The monoisotopic (exact) mass is 247 g/mol. The van der Waals surface area contributed by atoms with Gasteiger partial charge in [-0.2, -0.15) is 0 Å². The standard InChI is InChI=1S/C16H25NO/c1-13-8-14(2)10-15(9-13)11-16(12-17-3)4-6-18-7-5-16/h8-10,17H,4-7,11-12H2,1-3H3. The van der Waals surface area contributed by atoms with E-state index < -0.39 is 0 Å². The van der Waals surface area contributed by atoms with E-state index in [0.717, 1.165) is 19.8 Å². The number of benzene rings is 1.